The fourth-order valence-electron chi connectivity index (χ4n) is 1.81. The maximum Gasteiger partial charge on any atom is 0.281 e. The fourth-order valence-corrected chi connectivity index (χ4v) is 3.38. The van der Waals surface area contributed by atoms with Gasteiger partial charge in [-0.2, -0.15) is 13.5 Å². The van der Waals surface area contributed by atoms with Crippen LogP contribution in [0.1, 0.15) is 0 Å². The number of nitrogens with one attached hydrogen (secondary N) is 1. The summed E-state index contributed by atoms with van der Waals surface area (Å²) in [6.07, 6.45) is 2.27. The van der Waals surface area contributed by atoms with Crippen molar-refractivity contribution in [3.8, 4) is 0 Å². The molecule has 2 heterocycles. The molecule has 11 heteroatoms. The summed E-state index contributed by atoms with van der Waals surface area (Å²) in [6.45, 7) is 0. The maximum atomic E-state index is 13.8. The minimum absolute atomic E-state index is 0.121. The van der Waals surface area contributed by atoms with Gasteiger partial charge in [0, 0.05) is 12.1 Å². The number of imidazole rings is 1. The van der Waals surface area contributed by atoms with Crippen LogP contribution in [0.3, 0.4) is 0 Å². The van der Waals surface area contributed by atoms with E-state index < -0.39 is 27.3 Å². The van der Waals surface area contributed by atoms with E-state index in [1.54, 1.807) is 0 Å². The van der Waals surface area contributed by atoms with E-state index in [1.165, 1.54) is 12.3 Å². The topological polar surface area (TPSA) is 76.4 Å². The molecule has 0 unspecified atom stereocenters. The van der Waals surface area contributed by atoms with Crippen molar-refractivity contribution in [1.82, 2.24) is 14.6 Å². The first-order valence-corrected chi connectivity index (χ1v) is 8.60. The second-order valence-corrected chi connectivity index (χ2v) is 7.31. The van der Waals surface area contributed by atoms with Gasteiger partial charge in [0.05, 0.1) is 27.6 Å². The molecule has 0 aliphatic heterocycles. The first kappa shape index (κ1) is 16.1. The van der Waals surface area contributed by atoms with Crippen molar-refractivity contribution >= 4 is 48.9 Å². The zero-order chi connectivity index (χ0) is 16.8. The molecule has 0 atom stereocenters. The first-order valence-electron chi connectivity index (χ1n) is 5.94. The van der Waals surface area contributed by atoms with Crippen LogP contribution in [0, 0.1) is 11.6 Å². The molecule has 0 radical (unpaired) electrons. The summed E-state index contributed by atoms with van der Waals surface area (Å²) in [5, 5.41) is 3.77. The predicted octanol–water partition coefficient (Wildman–Crippen LogP) is 3.22. The molecule has 0 aliphatic carbocycles. The lowest BCUT2D eigenvalue weighted by atomic mass is 10.3. The zero-order valence-corrected chi connectivity index (χ0v) is 14.1. The van der Waals surface area contributed by atoms with Crippen molar-refractivity contribution in [3.63, 3.8) is 0 Å². The third-order valence-corrected chi connectivity index (χ3v) is 4.96. The third kappa shape index (κ3) is 3.01. The summed E-state index contributed by atoms with van der Waals surface area (Å²) in [5.41, 5.74) is -0.338. The van der Waals surface area contributed by atoms with Gasteiger partial charge in [0.2, 0.25) is 0 Å². The molecule has 0 saturated heterocycles. The summed E-state index contributed by atoms with van der Waals surface area (Å²) in [7, 11) is -4.24. The smallest absolute Gasteiger partial charge is 0.275 e. The molecule has 2 aromatic heterocycles. The quantitative estimate of drug-likeness (QED) is 0.656. The van der Waals surface area contributed by atoms with Gasteiger partial charge >= 0.3 is 0 Å². The Balaban J connectivity index is 2.06. The van der Waals surface area contributed by atoms with E-state index in [2.05, 4.69) is 26.0 Å². The van der Waals surface area contributed by atoms with Gasteiger partial charge in [-0.1, -0.05) is 11.6 Å². The lowest BCUT2D eigenvalue weighted by Crippen LogP contribution is -2.17. The molecule has 0 saturated carbocycles. The van der Waals surface area contributed by atoms with Gasteiger partial charge in [-0.3, -0.25) is 4.72 Å². The minimum Gasteiger partial charge on any atom is -0.275 e. The maximum absolute atomic E-state index is 13.8. The van der Waals surface area contributed by atoms with E-state index in [-0.39, 0.29) is 20.2 Å². The number of nitrogens with zero attached hydrogens (tertiary/aromatic N) is 3. The Labute approximate surface area is 142 Å². The van der Waals surface area contributed by atoms with E-state index >= 15 is 0 Å². The van der Waals surface area contributed by atoms with Gasteiger partial charge in [0.1, 0.15) is 11.6 Å². The molecule has 0 bridgehead atoms. The van der Waals surface area contributed by atoms with Gasteiger partial charge < -0.3 is 0 Å². The standard InChI is InChI=1S/C12H6BrClF2N4O2S/c13-7-2-9(16)10(3-8(7)15)19-23(21,22)12-5-17-11-1-6(14)4-18-20(11)12/h1-5,19H. The summed E-state index contributed by atoms with van der Waals surface area (Å²) in [5.74, 6) is -1.75. The van der Waals surface area contributed by atoms with Gasteiger partial charge in [0.25, 0.3) is 10.0 Å². The highest BCUT2D eigenvalue weighted by molar-refractivity contribution is 9.10. The van der Waals surface area contributed by atoms with E-state index in [0.717, 1.165) is 22.8 Å². The number of halogens is 4. The highest BCUT2D eigenvalue weighted by Gasteiger charge is 2.22. The Hall–Kier alpha value is -1.78. The predicted molar refractivity (Wildman–Crippen MR) is 82.9 cm³/mol. The number of benzene rings is 1. The van der Waals surface area contributed by atoms with Crippen molar-refractivity contribution in [2.45, 2.75) is 5.03 Å². The summed E-state index contributed by atoms with van der Waals surface area (Å²) < 4.78 is 54.9. The zero-order valence-electron chi connectivity index (χ0n) is 11.0. The second kappa shape index (κ2) is 5.69. The van der Waals surface area contributed by atoms with Crippen LogP contribution in [0.25, 0.3) is 5.65 Å². The van der Waals surface area contributed by atoms with Crippen LogP contribution in [-0.2, 0) is 10.0 Å². The normalized spacial score (nSPS) is 11.8. The molecular formula is C12H6BrClF2N4O2S. The summed E-state index contributed by atoms with van der Waals surface area (Å²) in [6, 6.07) is 2.96. The Morgan fingerprint density at radius 2 is 1.91 bits per heavy atom. The highest BCUT2D eigenvalue weighted by atomic mass is 79.9. The molecule has 23 heavy (non-hydrogen) atoms. The first-order chi connectivity index (χ1) is 10.8. The van der Waals surface area contributed by atoms with Gasteiger partial charge in [-0.25, -0.2) is 18.3 Å². The molecule has 120 valence electrons. The number of rotatable bonds is 3. The van der Waals surface area contributed by atoms with Crippen LogP contribution in [0.15, 0.2) is 40.1 Å². The summed E-state index contributed by atoms with van der Waals surface area (Å²) >= 11 is 8.56. The Bertz CT molecular complexity index is 1030. The van der Waals surface area contributed by atoms with Gasteiger partial charge in [-0.05, 0) is 22.0 Å². The average molecular weight is 424 g/mol. The molecule has 6 nitrogen and oxygen atoms in total. The fraction of sp³-hybridized carbons (Fsp3) is 0. The van der Waals surface area contributed by atoms with Crippen LogP contribution >= 0.6 is 27.5 Å². The Kier molecular flexibility index (Phi) is 3.98. The van der Waals surface area contributed by atoms with E-state index in [4.69, 9.17) is 11.6 Å². The summed E-state index contributed by atoms with van der Waals surface area (Å²) in [4.78, 5) is 3.86. The van der Waals surface area contributed by atoms with Crippen molar-refractivity contribution in [3.05, 3.63) is 51.7 Å². The van der Waals surface area contributed by atoms with Crippen molar-refractivity contribution in [2.24, 2.45) is 0 Å². The highest BCUT2D eigenvalue weighted by Crippen LogP contribution is 2.25. The number of aromatic nitrogens is 3. The number of hydrogen-bond donors (Lipinski definition) is 1. The van der Waals surface area contributed by atoms with E-state index in [0.29, 0.717) is 0 Å². The Morgan fingerprint density at radius 1 is 1.17 bits per heavy atom. The van der Waals surface area contributed by atoms with Crippen molar-refractivity contribution < 1.29 is 17.2 Å². The molecule has 3 aromatic rings. The van der Waals surface area contributed by atoms with Crippen LogP contribution in [0.4, 0.5) is 14.5 Å². The van der Waals surface area contributed by atoms with Crippen molar-refractivity contribution in [1.29, 1.82) is 0 Å². The SMILES string of the molecule is O=S(=O)(Nc1cc(F)c(Br)cc1F)c1cnc2cc(Cl)cnn12. The number of anilines is 1. The van der Waals surface area contributed by atoms with Crippen LogP contribution in [0.2, 0.25) is 5.02 Å². The van der Waals surface area contributed by atoms with Crippen LogP contribution < -0.4 is 4.72 Å². The molecule has 1 aromatic carbocycles. The average Bonchev–Trinajstić information content (AvgIpc) is 2.88. The molecule has 0 aliphatic rings. The number of sulfonamides is 1. The van der Waals surface area contributed by atoms with Crippen LogP contribution in [-0.4, -0.2) is 23.0 Å². The number of fused-ring (bicyclic) bond motifs is 1. The van der Waals surface area contributed by atoms with Crippen molar-refractivity contribution in [2.75, 3.05) is 4.72 Å². The van der Waals surface area contributed by atoms with E-state index in [1.807, 2.05) is 4.72 Å². The van der Waals surface area contributed by atoms with Gasteiger partial charge in [0.15, 0.2) is 10.7 Å². The third-order valence-electron chi connectivity index (χ3n) is 2.83. The van der Waals surface area contributed by atoms with Gasteiger partial charge in [-0.15, -0.1) is 0 Å². The molecule has 0 spiro atoms. The lowest BCUT2D eigenvalue weighted by Gasteiger charge is -2.09. The number of hydrogen-bond acceptors (Lipinski definition) is 4. The molecule has 3 rings (SSSR count). The second-order valence-electron chi connectivity index (χ2n) is 4.39. The monoisotopic (exact) mass is 422 g/mol. The molecule has 0 amide bonds. The minimum atomic E-state index is -4.24. The lowest BCUT2D eigenvalue weighted by molar-refractivity contribution is 0.587. The van der Waals surface area contributed by atoms with E-state index in [9.17, 15) is 17.2 Å². The largest absolute Gasteiger partial charge is 0.281 e. The molecular weight excluding hydrogens is 418 g/mol. The molecule has 1 N–H and O–H groups in total. The Morgan fingerprint density at radius 3 is 2.65 bits per heavy atom. The molecule has 0 fully saturated rings. The van der Waals surface area contributed by atoms with Crippen LogP contribution in [0.5, 0.6) is 0 Å².